The average Bonchev–Trinajstić information content (AvgIpc) is 3.07. The van der Waals surface area contributed by atoms with Crippen molar-refractivity contribution in [2.75, 3.05) is 20.8 Å². The number of carbonyl (C=O) groups is 1. The first kappa shape index (κ1) is 17.9. The van der Waals surface area contributed by atoms with Gasteiger partial charge in [-0.2, -0.15) is 0 Å². The minimum Gasteiger partial charge on any atom is -0.493 e. The van der Waals surface area contributed by atoms with Crippen LogP contribution in [0.15, 0.2) is 34.7 Å². The predicted molar refractivity (Wildman–Crippen MR) is 87.3 cm³/mol. The van der Waals surface area contributed by atoms with E-state index < -0.39 is 5.97 Å². The third kappa shape index (κ3) is 4.76. The van der Waals surface area contributed by atoms with Gasteiger partial charge in [-0.25, -0.2) is 4.79 Å². The molecule has 0 aliphatic carbocycles. The number of methoxy groups -OCH3 is 2. The number of benzene rings is 1. The highest BCUT2D eigenvalue weighted by molar-refractivity contribution is 5.86. The molecule has 0 spiro atoms. The minimum atomic E-state index is -0.525. The minimum absolute atomic E-state index is 0.115. The second kappa shape index (κ2) is 8.98. The third-order valence-electron chi connectivity index (χ3n) is 3.21. The Labute approximate surface area is 141 Å². The van der Waals surface area contributed by atoms with Crippen LogP contribution in [-0.4, -0.2) is 26.8 Å². The maximum absolute atomic E-state index is 12.0. The molecule has 2 rings (SSSR count). The maximum Gasteiger partial charge on any atom is 0.374 e. The van der Waals surface area contributed by atoms with Crippen LogP contribution >= 0.6 is 0 Å². The van der Waals surface area contributed by atoms with Crippen molar-refractivity contribution in [3.8, 4) is 11.5 Å². The number of furan rings is 1. The first-order chi connectivity index (χ1) is 11.7. The van der Waals surface area contributed by atoms with Crippen molar-refractivity contribution in [3.63, 3.8) is 0 Å². The Bertz CT molecular complexity index is 661. The second-order valence-electron chi connectivity index (χ2n) is 5.11. The lowest BCUT2D eigenvalue weighted by Gasteiger charge is -2.11. The Morgan fingerprint density at radius 3 is 2.62 bits per heavy atom. The summed E-state index contributed by atoms with van der Waals surface area (Å²) in [7, 11) is 3.13. The molecule has 0 atom stereocenters. The number of rotatable bonds is 9. The molecule has 24 heavy (non-hydrogen) atoms. The first-order valence-corrected chi connectivity index (χ1v) is 7.72. The molecular formula is C18H22O6. The van der Waals surface area contributed by atoms with Crippen LogP contribution in [-0.2, 0) is 22.7 Å². The van der Waals surface area contributed by atoms with Gasteiger partial charge in [-0.15, -0.1) is 0 Å². The summed E-state index contributed by atoms with van der Waals surface area (Å²) >= 11 is 0. The van der Waals surface area contributed by atoms with E-state index in [0.29, 0.717) is 30.5 Å². The van der Waals surface area contributed by atoms with Gasteiger partial charge in [-0.3, -0.25) is 0 Å². The molecule has 0 saturated carbocycles. The van der Waals surface area contributed by atoms with Gasteiger partial charge in [0.15, 0.2) is 11.5 Å². The lowest BCUT2D eigenvalue weighted by Crippen LogP contribution is -2.04. The molecule has 0 amide bonds. The van der Waals surface area contributed by atoms with Crippen LogP contribution < -0.4 is 9.47 Å². The van der Waals surface area contributed by atoms with Gasteiger partial charge in [0.05, 0.1) is 13.7 Å². The highest BCUT2D eigenvalue weighted by Crippen LogP contribution is 2.28. The molecule has 0 unspecified atom stereocenters. The van der Waals surface area contributed by atoms with E-state index >= 15 is 0 Å². The van der Waals surface area contributed by atoms with Gasteiger partial charge in [-0.05, 0) is 36.2 Å². The lowest BCUT2D eigenvalue weighted by molar-refractivity contribution is 0.0429. The Balaban J connectivity index is 1.96. The smallest absolute Gasteiger partial charge is 0.374 e. The normalized spacial score (nSPS) is 10.5. The molecule has 0 fully saturated rings. The lowest BCUT2D eigenvalue weighted by atomic mass is 10.2. The molecule has 0 aliphatic heterocycles. The maximum atomic E-state index is 12.0. The van der Waals surface area contributed by atoms with Gasteiger partial charge in [0.25, 0.3) is 0 Å². The van der Waals surface area contributed by atoms with E-state index in [1.165, 1.54) is 0 Å². The highest BCUT2D eigenvalue weighted by atomic mass is 16.5. The molecule has 130 valence electrons. The standard InChI is InChI=1S/C18H22O6/c1-4-9-22-15-7-5-13(10-17(15)21-3)11-23-18(19)16-8-6-14(24-16)12-20-2/h5-8,10H,4,9,11-12H2,1-3H3. The summed E-state index contributed by atoms with van der Waals surface area (Å²) in [4.78, 5) is 12.0. The molecule has 2 aromatic rings. The molecule has 0 aliphatic rings. The molecule has 1 aromatic heterocycles. The Kier molecular flexibility index (Phi) is 6.69. The summed E-state index contributed by atoms with van der Waals surface area (Å²) in [5.41, 5.74) is 0.799. The number of hydrogen-bond donors (Lipinski definition) is 0. The van der Waals surface area contributed by atoms with E-state index in [1.807, 2.05) is 13.0 Å². The van der Waals surface area contributed by atoms with E-state index in [2.05, 4.69) is 0 Å². The quantitative estimate of drug-likeness (QED) is 0.653. The predicted octanol–water partition coefficient (Wildman–Crippen LogP) is 3.58. The van der Waals surface area contributed by atoms with E-state index in [0.717, 1.165) is 12.0 Å². The molecule has 6 nitrogen and oxygen atoms in total. The summed E-state index contributed by atoms with van der Waals surface area (Å²) in [6.45, 7) is 3.08. The monoisotopic (exact) mass is 334 g/mol. The Hall–Kier alpha value is -2.47. The average molecular weight is 334 g/mol. The molecule has 0 saturated heterocycles. The van der Waals surface area contributed by atoms with Gasteiger partial charge in [0.1, 0.15) is 19.0 Å². The number of ether oxygens (including phenoxy) is 4. The molecule has 0 radical (unpaired) electrons. The molecule has 1 heterocycles. The summed E-state index contributed by atoms with van der Waals surface area (Å²) in [5.74, 6) is 1.48. The van der Waals surface area contributed by atoms with E-state index in [9.17, 15) is 4.79 Å². The Morgan fingerprint density at radius 1 is 1.08 bits per heavy atom. The molecule has 1 aromatic carbocycles. The molecule has 0 N–H and O–H groups in total. The van der Waals surface area contributed by atoms with E-state index in [1.54, 1.807) is 38.5 Å². The van der Waals surface area contributed by atoms with Crippen LogP contribution in [0.1, 0.15) is 35.2 Å². The first-order valence-electron chi connectivity index (χ1n) is 7.72. The van der Waals surface area contributed by atoms with Gasteiger partial charge in [0.2, 0.25) is 5.76 Å². The molecule has 0 bridgehead atoms. The van der Waals surface area contributed by atoms with Crippen molar-refractivity contribution in [2.24, 2.45) is 0 Å². The van der Waals surface area contributed by atoms with Gasteiger partial charge < -0.3 is 23.4 Å². The van der Waals surface area contributed by atoms with Crippen LogP contribution in [0.2, 0.25) is 0 Å². The van der Waals surface area contributed by atoms with Crippen molar-refractivity contribution in [1.82, 2.24) is 0 Å². The van der Waals surface area contributed by atoms with Gasteiger partial charge >= 0.3 is 5.97 Å². The fourth-order valence-corrected chi connectivity index (χ4v) is 2.06. The summed E-state index contributed by atoms with van der Waals surface area (Å²) in [6, 6.07) is 8.68. The molecular weight excluding hydrogens is 312 g/mol. The van der Waals surface area contributed by atoms with Crippen molar-refractivity contribution in [1.29, 1.82) is 0 Å². The summed E-state index contributed by atoms with van der Waals surface area (Å²) in [5, 5.41) is 0. The number of hydrogen-bond acceptors (Lipinski definition) is 6. The second-order valence-corrected chi connectivity index (χ2v) is 5.11. The number of carbonyl (C=O) groups excluding carboxylic acids is 1. The van der Waals surface area contributed by atoms with Crippen LogP contribution in [0.25, 0.3) is 0 Å². The van der Waals surface area contributed by atoms with Crippen LogP contribution in [0, 0.1) is 0 Å². The zero-order chi connectivity index (χ0) is 17.4. The molecule has 6 heteroatoms. The number of esters is 1. The largest absolute Gasteiger partial charge is 0.493 e. The fraction of sp³-hybridized carbons (Fsp3) is 0.389. The summed E-state index contributed by atoms with van der Waals surface area (Å²) in [6.07, 6.45) is 0.913. The SMILES string of the molecule is CCCOc1ccc(COC(=O)c2ccc(COC)o2)cc1OC. The third-order valence-corrected chi connectivity index (χ3v) is 3.21. The van der Waals surface area contributed by atoms with Crippen LogP contribution in [0.5, 0.6) is 11.5 Å². The van der Waals surface area contributed by atoms with Crippen molar-refractivity contribution in [2.45, 2.75) is 26.6 Å². The van der Waals surface area contributed by atoms with Crippen molar-refractivity contribution >= 4 is 5.97 Å². The zero-order valence-corrected chi connectivity index (χ0v) is 14.2. The van der Waals surface area contributed by atoms with Gasteiger partial charge in [0, 0.05) is 7.11 Å². The van der Waals surface area contributed by atoms with E-state index in [-0.39, 0.29) is 12.4 Å². The highest BCUT2D eigenvalue weighted by Gasteiger charge is 2.14. The fourth-order valence-electron chi connectivity index (χ4n) is 2.06. The van der Waals surface area contributed by atoms with Crippen molar-refractivity contribution in [3.05, 3.63) is 47.4 Å². The Morgan fingerprint density at radius 2 is 1.92 bits per heavy atom. The van der Waals surface area contributed by atoms with Crippen LogP contribution in [0.3, 0.4) is 0 Å². The summed E-state index contributed by atoms with van der Waals surface area (Å²) < 4.78 is 26.4. The topological polar surface area (TPSA) is 67.1 Å². The van der Waals surface area contributed by atoms with Crippen molar-refractivity contribution < 1.29 is 28.2 Å². The van der Waals surface area contributed by atoms with Gasteiger partial charge in [-0.1, -0.05) is 13.0 Å². The van der Waals surface area contributed by atoms with Crippen LogP contribution in [0.4, 0.5) is 0 Å². The van der Waals surface area contributed by atoms with E-state index in [4.69, 9.17) is 23.4 Å². The zero-order valence-electron chi connectivity index (χ0n) is 14.2.